The summed E-state index contributed by atoms with van der Waals surface area (Å²) in [6, 6.07) is -0.702. The van der Waals surface area contributed by atoms with Gasteiger partial charge in [-0.3, -0.25) is 4.79 Å². The van der Waals surface area contributed by atoms with Crippen LogP contribution in [0.3, 0.4) is 0 Å². The largest absolute Gasteiger partial charge is 0.396 e. The molecule has 7 heteroatoms. The highest BCUT2D eigenvalue weighted by Gasteiger charge is 2.61. The molecule has 2 rings (SSSR count). The summed E-state index contributed by atoms with van der Waals surface area (Å²) in [7, 11) is 0. The van der Waals surface area contributed by atoms with Gasteiger partial charge in [-0.15, -0.1) is 0 Å². The first kappa shape index (κ1) is 12.3. The third kappa shape index (κ3) is 1.42. The van der Waals surface area contributed by atoms with Crippen LogP contribution in [0.15, 0.2) is 0 Å². The van der Waals surface area contributed by atoms with Gasteiger partial charge in [0.1, 0.15) is 12.2 Å². The average Bonchev–Trinajstić information content (AvgIpc) is 2.27. The minimum absolute atomic E-state index is 0.0825. The molecule has 1 heterocycles. The minimum Gasteiger partial charge on any atom is -0.396 e. The average molecular weight is 296 g/mol. The standard InChI is InChI=1S/C9H14BrNO5/c10-7-4-5(14)6(15)8(16)9(7,2-12)1-3(13)11-4/h4-8,12,14-16H,1-2H2,(H,11,13). The van der Waals surface area contributed by atoms with Gasteiger partial charge in [0.25, 0.3) is 0 Å². The van der Waals surface area contributed by atoms with Crippen LogP contribution in [0.5, 0.6) is 0 Å². The molecule has 6 nitrogen and oxygen atoms in total. The number of nitrogens with one attached hydrogen (secondary N) is 1. The van der Waals surface area contributed by atoms with Crippen LogP contribution >= 0.6 is 15.9 Å². The van der Waals surface area contributed by atoms with E-state index in [9.17, 15) is 25.2 Å². The first-order valence-corrected chi connectivity index (χ1v) is 5.94. The van der Waals surface area contributed by atoms with Crippen LogP contribution < -0.4 is 5.32 Å². The molecule has 6 atom stereocenters. The van der Waals surface area contributed by atoms with Gasteiger partial charge in [0.15, 0.2) is 0 Å². The molecule has 5 N–H and O–H groups in total. The number of aliphatic hydroxyl groups is 4. The topological polar surface area (TPSA) is 110 Å². The van der Waals surface area contributed by atoms with Crippen LogP contribution in [0.1, 0.15) is 6.42 Å². The molecule has 2 fully saturated rings. The molecule has 0 spiro atoms. The molecule has 1 saturated carbocycles. The molecular weight excluding hydrogens is 282 g/mol. The quantitative estimate of drug-likeness (QED) is 0.350. The summed E-state index contributed by atoms with van der Waals surface area (Å²) in [5.41, 5.74) is -1.13. The summed E-state index contributed by atoms with van der Waals surface area (Å²) < 4.78 is 0. The van der Waals surface area contributed by atoms with E-state index in [0.29, 0.717) is 0 Å². The number of piperidine rings is 1. The van der Waals surface area contributed by atoms with Crippen molar-refractivity contribution in [2.24, 2.45) is 5.41 Å². The highest BCUT2D eigenvalue weighted by atomic mass is 79.9. The highest BCUT2D eigenvalue weighted by molar-refractivity contribution is 9.09. The molecule has 1 saturated heterocycles. The second-order valence-electron chi connectivity index (χ2n) is 4.49. The van der Waals surface area contributed by atoms with Crippen molar-refractivity contribution in [2.45, 2.75) is 35.6 Å². The third-order valence-electron chi connectivity index (χ3n) is 3.61. The fraction of sp³-hybridized carbons (Fsp3) is 0.889. The monoisotopic (exact) mass is 295 g/mol. The summed E-state index contributed by atoms with van der Waals surface area (Å²) in [5.74, 6) is -0.347. The van der Waals surface area contributed by atoms with Crippen LogP contribution in [-0.4, -0.2) is 62.1 Å². The van der Waals surface area contributed by atoms with E-state index < -0.39 is 41.2 Å². The van der Waals surface area contributed by atoms with Crippen molar-refractivity contribution in [3.05, 3.63) is 0 Å². The van der Waals surface area contributed by atoms with Gasteiger partial charge in [-0.25, -0.2) is 0 Å². The third-order valence-corrected chi connectivity index (χ3v) is 5.09. The van der Waals surface area contributed by atoms with Crippen LogP contribution in [-0.2, 0) is 4.79 Å². The zero-order chi connectivity index (χ0) is 12.1. The lowest BCUT2D eigenvalue weighted by atomic mass is 9.64. The van der Waals surface area contributed by atoms with Crippen LogP contribution in [0, 0.1) is 5.41 Å². The first-order valence-electron chi connectivity index (χ1n) is 5.02. The molecule has 0 radical (unpaired) electrons. The molecule has 0 aromatic heterocycles. The molecular formula is C9H14BrNO5. The predicted molar refractivity (Wildman–Crippen MR) is 56.8 cm³/mol. The molecule has 92 valence electrons. The lowest BCUT2D eigenvalue weighted by Crippen LogP contribution is -2.74. The second kappa shape index (κ2) is 3.92. The second-order valence-corrected chi connectivity index (χ2v) is 5.48. The highest BCUT2D eigenvalue weighted by Crippen LogP contribution is 2.46. The number of aliphatic hydroxyl groups excluding tert-OH is 4. The number of hydrogen-bond donors (Lipinski definition) is 5. The Morgan fingerprint density at radius 2 is 2.00 bits per heavy atom. The maximum absolute atomic E-state index is 11.4. The van der Waals surface area contributed by atoms with Crippen LogP contribution in [0.2, 0.25) is 0 Å². The summed E-state index contributed by atoms with van der Waals surface area (Å²) >= 11 is 3.28. The fourth-order valence-electron chi connectivity index (χ4n) is 2.57. The lowest BCUT2D eigenvalue weighted by molar-refractivity contribution is -0.184. The van der Waals surface area contributed by atoms with Crippen LogP contribution in [0.4, 0.5) is 0 Å². The molecule has 1 amide bonds. The molecule has 6 unspecified atom stereocenters. The van der Waals surface area contributed by atoms with Crippen molar-refractivity contribution < 1.29 is 25.2 Å². The van der Waals surface area contributed by atoms with E-state index in [1.54, 1.807) is 0 Å². The Balaban J connectivity index is 2.42. The van der Waals surface area contributed by atoms with Gasteiger partial charge in [0.05, 0.1) is 18.8 Å². The first-order chi connectivity index (χ1) is 7.44. The maximum Gasteiger partial charge on any atom is 0.221 e. The van der Waals surface area contributed by atoms with Gasteiger partial charge in [0.2, 0.25) is 5.91 Å². The molecule has 2 aliphatic rings. The van der Waals surface area contributed by atoms with E-state index in [0.717, 1.165) is 0 Å². The number of halogens is 1. The summed E-state index contributed by atoms with van der Waals surface area (Å²) in [4.78, 5) is 11.0. The summed E-state index contributed by atoms with van der Waals surface area (Å²) in [6.07, 6.45) is -4.03. The molecule has 2 bridgehead atoms. The smallest absolute Gasteiger partial charge is 0.221 e. The van der Waals surface area contributed by atoms with Crippen molar-refractivity contribution in [1.29, 1.82) is 0 Å². The number of alkyl halides is 1. The number of amides is 1. The van der Waals surface area contributed by atoms with E-state index in [-0.39, 0.29) is 12.3 Å². The van der Waals surface area contributed by atoms with Crippen molar-refractivity contribution in [3.8, 4) is 0 Å². The number of carbonyl (C=O) groups excluding carboxylic acids is 1. The predicted octanol–water partition coefficient (Wildman–Crippen LogP) is -2.29. The fourth-order valence-corrected chi connectivity index (χ4v) is 3.59. The number of rotatable bonds is 1. The van der Waals surface area contributed by atoms with Crippen molar-refractivity contribution in [1.82, 2.24) is 5.32 Å². The SMILES string of the molecule is O=C1CC2(CO)C(O)C(O)C(O)C(N1)C2Br. The Morgan fingerprint density at radius 3 is 2.56 bits per heavy atom. The van der Waals surface area contributed by atoms with Gasteiger partial charge in [0, 0.05) is 16.7 Å². The number of carbonyl (C=O) groups is 1. The van der Waals surface area contributed by atoms with Gasteiger partial charge < -0.3 is 25.7 Å². The summed E-state index contributed by atoms with van der Waals surface area (Å²) in [5, 5.41) is 41.2. The Morgan fingerprint density at radius 1 is 1.38 bits per heavy atom. The van der Waals surface area contributed by atoms with Crippen molar-refractivity contribution in [3.63, 3.8) is 0 Å². The van der Waals surface area contributed by atoms with E-state index in [1.807, 2.05) is 0 Å². The lowest BCUT2D eigenvalue weighted by Gasteiger charge is -2.54. The molecule has 0 aromatic carbocycles. The van der Waals surface area contributed by atoms with Crippen molar-refractivity contribution in [2.75, 3.05) is 6.61 Å². The van der Waals surface area contributed by atoms with Gasteiger partial charge in [-0.1, -0.05) is 15.9 Å². The number of fused-ring (bicyclic) bond motifs is 2. The Labute approximate surface area is 100 Å². The van der Waals surface area contributed by atoms with E-state index in [4.69, 9.17) is 0 Å². The van der Waals surface area contributed by atoms with E-state index in [2.05, 4.69) is 21.2 Å². The normalized spacial score (nSPS) is 52.3. The minimum atomic E-state index is -1.37. The maximum atomic E-state index is 11.4. The van der Waals surface area contributed by atoms with Gasteiger partial charge >= 0.3 is 0 Å². The molecule has 1 aliphatic heterocycles. The number of hydrogen-bond acceptors (Lipinski definition) is 5. The Bertz CT molecular complexity index is 308. The Kier molecular flexibility index (Phi) is 3.00. The molecule has 0 aromatic rings. The van der Waals surface area contributed by atoms with E-state index in [1.165, 1.54) is 0 Å². The summed E-state index contributed by atoms with van der Waals surface area (Å²) in [6.45, 7) is -0.433. The zero-order valence-corrected chi connectivity index (χ0v) is 9.96. The Hall–Kier alpha value is -0.210. The van der Waals surface area contributed by atoms with Gasteiger partial charge in [-0.05, 0) is 0 Å². The van der Waals surface area contributed by atoms with Gasteiger partial charge in [-0.2, -0.15) is 0 Å². The van der Waals surface area contributed by atoms with Crippen LogP contribution in [0.25, 0.3) is 0 Å². The van der Waals surface area contributed by atoms with Crippen molar-refractivity contribution >= 4 is 21.8 Å². The molecule has 1 aliphatic carbocycles. The molecule has 16 heavy (non-hydrogen) atoms. The zero-order valence-electron chi connectivity index (χ0n) is 8.38. The van der Waals surface area contributed by atoms with E-state index >= 15 is 0 Å².